The number of phenolic OH excluding ortho intramolecular Hbond substituents is 1. The molecule has 1 saturated carbocycles. The van der Waals surface area contributed by atoms with E-state index in [1.165, 1.54) is 13.2 Å². The molecule has 1 N–H and O–H groups in total. The van der Waals surface area contributed by atoms with Gasteiger partial charge in [0.05, 0.1) is 16.7 Å². The first-order valence-corrected chi connectivity index (χ1v) is 13.0. The smallest absolute Gasteiger partial charge is 0.416 e. The second-order valence-corrected chi connectivity index (χ2v) is 9.98. The molecular formula is C29H26BF7N3O4. The Morgan fingerprint density at radius 1 is 0.932 bits per heavy atom. The number of nitriles is 1. The molecule has 2 heterocycles. The number of fused-ring (bicyclic) bond motifs is 2. The summed E-state index contributed by atoms with van der Waals surface area (Å²) in [5.41, 5.74) is -1.35. The van der Waals surface area contributed by atoms with Gasteiger partial charge in [0.15, 0.2) is 29.9 Å². The lowest BCUT2D eigenvalue weighted by molar-refractivity contribution is -0.138. The Labute approximate surface area is 250 Å². The van der Waals surface area contributed by atoms with Gasteiger partial charge >= 0.3 is 12.4 Å². The molecule has 1 aromatic heterocycles. The number of alkyl halides is 6. The van der Waals surface area contributed by atoms with Crippen molar-refractivity contribution in [3.63, 3.8) is 0 Å². The molecule has 2 fully saturated rings. The first-order chi connectivity index (χ1) is 20.3. The molecular weight excluding hydrogens is 598 g/mol. The van der Waals surface area contributed by atoms with Gasteiger partial charge in [0, 0.05) is 46.6 Å². The van der Waals surface area contributed by atoms with E-state index in [1.807, 2.05) is 6.07 Å². The van der Waals surface area contributed by atoms with E-state index in [9.17, 15) is 30.7 Å². The Hall–Kier alpha value is -4.19. The summed E-state index contributed by atoms with van der Waals surface area (Å²) < 4.78 is 104. The quantitative estimate of drug-likeness (QED) is 0.193. The van der Waals surface area contributed by atoms with Crippen LogP contribution in [0.4, 0.5) is 36.6 Å². The fourth-order valence-electron chi connectivity index (χ4n) is 5.04. The maximum atomic E-state index is 13.1. The number of piperidine rings is 1. The largest absolute Gasteiger partial charge is 0.505 e. The van der Waals surface area contributed by atoms with Crippen LogP contribution in [0.2, 0.25) is 0 Å². The Morgan fingerprint density at radius 3 is 2.07 bits per heavy atom. The number of anilines is 1. The van der Waals surface area contributed by atoms with Crippen LogP contribution in [0.25, 0.3) is 0 Å². The molecule has 3 radical (unpaired) electrons. The van der Waals surface area contributed by atoms with Crippen LogP contribution in [0.5, 0.6) is 17.2 Å². The van der Waals surface area contributed by atoms with Gasteiger partial charge < -0.3 is 24.2 Å². The van der Waals surface area contributed by atoms with Gasteiger partial charge in [-0.3, -0.25) is 0 Å². The average molecular weight is 624 g/mol. The average Bonchev–Trinajstić information content (AvgIpc) is 3.18. The summed E-state index contributed by atoms with van der Waals surface area (Å²) in [4.78, 5) is 6.56. The number of aromatic nitrogens is 1. The molecule has 2 aliphatic rings. The van der Waals surface area contributed by atoms with Gasteiger partial charge in [-0.05, 0) is 61.4 Å². The first-order valence-electron chi connectivity index (χ1n) is 13.0. The number of aromatic hydroxyl groups is 1. The summed E-state index contributed by atoms with van der Waals surface area (Å²) in [6, 6.07) is 10.4. The predicted octanol–water partition coefficient (Wildman–Crippen LogP) is 6.42. The zero-order valence-corrected chi connectivity index (χ0v) is 23.2. The van der Waals surface area contributed by atoms with Crippen LogP contribution in [-0.4, -0.2) is 51.6 Å². The minimum atomic E-state index is -4.55. The molecule has 233 valence electrons. The number of benzene rings is 2. The van der Waals surface area contributed by atoms with Crippen molar-refractivity contribution >= 4 is 14.2 Å². The summed E-state index contributed by atoms with van der Waals surface area (Å²) in [5.74, 6) is -0.507. The third kappa shape index (κ3) is 8.25. The molecule has 3 aromatic rings. The van der Waals surface area contributed by atoms with Crippen LogP contribution in [0.3, 0.4) is 0 Å². The highest BCUT2D eigenvalue weighted by Gasteiger charge is 2.44. The van der Waals surface area contributed by atoms with Crippen LogP contribution < -0.4 is 14.4 Å². The summed E-state index contributed by atoms with van der Waals surface area (Å²) in [6.45, 7) is 1.29. The van der Waals surface area contributed by atoms with Gasteiger partial charge in [-0.2, -0.15) is 31.6 Å². The fourth-order valence-corrected chi connectivity index (χ4v) is 5.04. The number of halogens is 7. The predicted molar refractivity (Wildman–Crippen MR) is 145 cm³/mol. The molecule has 15 heteroatoms. The molecule has 44 heavy (non-hydrogen) atoms. The summed E-state index contributed by atoms with van der Waals surface area (Å²) in [7, 11) is 1.40. The van der Waals surface area contributed by atoms with E-state index in [4.69, 9.17) is 24.6 Å². The van der Waals surface area contributed by atoms with Crippen molar-refractivity contribution in [3.05, 3.63) is 77.2 Å². The van der Waals surface area contributed by atoms with Crippen LogP contribution >= 0.6 is 0 Å². The number of hydrogen-bond acceptors (Lipinski definition) is 7. The van der Waals surface area contributed by atoms with Gasteiger partial charge in [-0.15, -0.1) is 0 Å². The zero-order valence-electron chi connectivity index (χ0n) is 23.2. The lowest BCUT2D eigenvalue weighted by Gasteiger charge is -2.38. The fraction of sp³-hybridized carbons (Fsp3) is 0.379. The third-order valence-electron chi connectivity index (χ3n) is 7.09. The highest BCUT2D eigenvalue weighted by molar-refractivity contribution is 5.75. The maximum absolute atomic E-state index is 13.1. The lowest BCUT2D eigenvalue weighted by atomic mass is 9.94. The van der Waals surface area contributed by atoms with Crippen molar-refractivity contribution in [2.24, 2.45) is 11.8 Å². The highest BCUT2D eigenvalue weighted by atomic mass is 19.4. The lowest BCUT2D eigenvalue weighted by Crippen LogP contribution is -2.47. The molecule has 3 atom stereocenters. The number of methoxy groups -OCH3 is 1. The van der Waals surface area contributed by atoms with Gasteiger partial charge in [0.1, 0.15) is 18.0 Å². The molecule has 2 bridgehead atoms. The monoisotopic (exact) mass is 624 g/mol. The van der Waals surface area contributed by atoms with E-state index in [-0.39, 0.29) is 44.6 Å². The molecule has 0 amide bonds. The second kappa shape index (κ2) is 14.1. The summed E-state index contributed by atoms with van der Waals surface area (Å²) in [5, 5.41) is 17.5. The van der Waals surface area contributed by atoms with Crippen molar-refractivity contribution in [1.29, 1.82) is 5.26 Å². The van der Waals surface area contributed by atoms with E-state index in [0.29, 0.717) is 23.8 Å². The first kappa shape index (κ1) is 34.3. The number of pyridine rings is 1. The van der Waals surface area contributed by atoms with Crippen LogP contribution in [0, 0.1) is 29.0 Å². The van der Waals surface area contributed by atoms with Crippen molar-refractivity contribution in [3.8, 4) is 23.3 Å². The Bertz CT molecular complexity index is 1430. The summed E-state index contributed by atoms with van der Waals surface area (Å²) in [6.07, 6.45) is -5.64. The molecule has 7 nitrogen and oxygen atoms in total. The Balaban J connectivity index is 0.000000344. The molecule has 2 aromatic carbocycles. The van der Waals surface area contributed by atoms with E-state index in [1.54, 1.807) is 12.3 Å². The highest BCUT2D eigenvalue weighted by Crippen LogP contribution is 2.43. The maximum Gasteiger partial charge on any atom is 0.416 e. The molecule has 1 saturated heterocycles. The van der Waals surface area contributed by atoms with Crippen LogP contribution in [0.1, 0.15) is 29.5 Å². The molecule has 5 rings (SSSR count). The minimum Gasteiger partial charge on any atom is -0.505 e. The van der Waals surface area contributed by atoms with Crippen molar-refractivity contribution < 1.29 is 50.1 Å². The van der Waals surface area contributed by atoms with Crippen LogP contribution in [0.15, 0.2) is 54.7 Å². The molecule has 1 aliphatic heterocycles. The minimum absolute atomic E-state index is 0. The van der Waals surface area contributed by atoms with Gasteiger partial charge in [-0.1, -0.05) is 0 Å². The van der Waals surface area contributed by atoms with E-state index in [0.717, 1.165) is 43.9 Å². The SMILES string of the molecule is COCOc1cc(C(F)(F)F)ccc1OC1[C@@H]2CC[C@H]1CN(c1ccc(C#N)cn1)C2.Oc1cc(C(F)(F)F)ccc1F.[B]. The van der Waals surface area contributed by atoms with Crippen molar-refractivity contribution in [1.82, 2.24) is 4.98 Å². The number of nitrogens with zero attached hydrogens (tertiary/aromatic N) is 3. The van der Waals surface area contributed by atoms with E-state index in [2.05, 4.69) is 16.0 Å². The van der Waals surface area contributed by atoms with E-state index >= 15 is 0 Å². The topological polar surface area (TPSA) is 87.8 Å². The molecule has 1 unspecified atom stereocenters. The number of phenols is 1. The Kier molecular flexibility index (Phi) is 11.0. The second-order valence-electron chi connectivity index (χ2n) is 9.98. The molecule has 0 spiro atoms. The summed E-state index contributed by atoms with van der Waals surface area (Å²) >= 11 is 0. The normalized spacial score (nSPS) is 19.2. The number of rotatable bonds is 6. The van der Waals surface area contributed by atoms with Crippen LogP contribution in [-0.2, 0) is 17.1 Å². The van der Waals surface area contributed by atoms with Crippen molar-refractivity contribution in [2.75, 3.05) is 31.9 Å². The van der Waals surface area contributed by atoms with Gasteiger partial charge in [0.2, 0.25) is 0 Å². The van der Waals surface area contributed by atoms with Gasteiger partial charge in [-0.25, -0.2) is 9.37 Å². The standard InChI is InChI=1S/C22H22F3N3O3.C7H4F4O.B/c1-29-13-30-19-8-17(22(23,24)25)5-6-18(19)31-21-15-3-4-16(21)12-28(11-15)20-7-2-14(9-26)10-27-20;8-5-2-1-4(3-6(5)12)7(9,10)11;/h2,5-8,10,15-16,21H,3-4,11-13H2,1H3;1-3,12H;/t15-,16+,21?;;. The zero-order chi connectivity index (χ0) is 31.4. The van der Waals surface area contributed by atoms with Crippen molar-refractivity contribution in [2.45, 2.75) is 31.3 Å². The van der Waals surface area contributed by atoms with E-state index < -0.39 is 35.0 Å². The van der Waals surface area contributed by atoms with Gasteiger partial charge in [0.25, 0.3) is 0 Å². The number of hydrogen-bond donors (Lipinski definition) is 1. The Morgan fingerprint density at radius 2 is 1.55 bits per heavy atom. The third-order valence-corrected chi connectivity index (χ3v) is 7.09. The molecule has 1 aliphatic carbocycles. The number of ether oxygens (including phenoxy) is 3.